The van der Waals surface area contributed by atoms with Crippen LogP contribution in [0.1, 0.15) is 78.2 Å². The zero-order valence-electron chi connectivity index (χ0n) is 23.3. The zero-order chi connectivity index (χ0) is 28.8. The summed E-state index contributed by atoms with van der Waals surface area (Å²) < 4.78 is 31.2. The van der Waals surface area contributed by atoms with Gasteiger partial charge < -0.3 is 34.2 Å². The minimum atomic E-state index is -1.06. The van der Waals surface area contributed by atoms with Gasteiger partial charge in [-0.1, -0.05) is 39.2 Å². The molecule has 2 N–H and O–H groups in total. The maximum Gasteiger partial charge on any atom is 0.513 e. The number of hydrogen-bond donors (Lipinski definition) is 1. The molecule has 1 aliphatic carbocycles. The molecule has 1 aromatic rings. The predicted octanol–water partition coefficient (Wildman–Crippen LogP) is 4.85. The first kappa shape index (κ1) is 31.9. The summed E-state index contributed by atoms with van der Waals surface area (Å²) in [6.45, 7) is 7.29. The molecule has 1 fully saturated rings. The SMILES string of the molecule is CCCOC(=O)Oc1ccc(C[C@H](N)C(=O)O[C@@H](C)[C@H](C)OC(=O)C2CCCCC2)cc1OC(=O)OCCC. The lowest BCUT2D eigenvalue weighted by molar-refractivity contribution is -0.169. The van der Waals surface area contributed by atoms with Crippen LogP contribution in [0.4, 0.5) is 9.59 Å². The van der Waals surface area contributed by atoms with Crippen molar-refractivity contribution in [2.45, 2.75) is 97.3 Å². The van der Waals surface area contributed by atoms with Crippen LogP contribution >= 0.6 is 0 Å². The Morgan fingerprint density at radius 3 is 2.00 bits per heavy atom. The molecule has 0 aliphatic heterocycles. The van der Waals surface area contributed by atoms with E-state index in [0.717, 1.165) is 32.1 Å². The van der Waals surface area contributed by atoms with E-state index in [1.165, 1.54) is 12.1 Å². The van der Waals surface area contributed by atoms with E-state index in [4.69, 9.17) is 34.2 Å². The van der Waals surface area contributed by atoms with Gasteiger partial charge in [0.05, 0.1) is 19.1 Å². The van der Waals surface area contributed by atoms with E-state index in [1.54, 1.807) is 19.9 Å². The van der Waals surface area contributed by atoms with Crippen LogP contribution < -0.4 is 15.2 Å². The fourth-order valence-electron chi connectivity index (χ4n) is 3.87. The molecule has 0 radical (unpaired) electrons. The molecule has 11 heteroatoms. The summed E-state index contributed by atoms with van der Waals surface area (Å²) in [5.74, 6) is -1.22. The van der Waals surface area contributed by atoms with Crippen molar-refractivity contribution in [1.82, 2.24) is 0 Å². The number of carbonyl (C=O) groups excluding carboxylic acids is 4. The molecular formula is C28H41NO10. The van der Waals surface area contributed by atoms with Crippen molar-refractivity contribution in [3.8, 4) is 11.5 Å². The van der Waals surface area contributed by atoms with E-state index in [0.29, 0.717) is 18.4 Å². The van der Waals surface area contributed by atoms with Gasteiger partial charge in [-0.15, -0.1) is 0 Å². The summed E-state index contributed by atoms with van der Waals surface area (Å²) in [5.41, 5.74) is 6.60. The van der Waals surface area contributed by atoms with Gasteiger partial charge in [-0.2, -0.15) is 0 Å². The first-order valence-electron chi connectivity index (χ1n) is 13.6. The highest BCUT2D eigenvalue weighted by Crippen LogP contribution is 2.30. The van der Waals surface area contributed by atoms with Crippen LogP contribution in [0, 0.1) is 5.92 Å². The Bertz CT molecular complexity index is 960. The highest BCUT2D eigenvalue weighted by Gasteiger charge is 2.28. The number of esters is 2. The predicted molar refractivity (Wildman–Crippen MR) is 140 cm³/mol. The van der Waals surface area contributed by atoms with Gasteiger partial charge in [-0.3, -0.25) is 9.59 Å². The van der Waals surface area contributed by atoms with Crippen LogP contribution in [0.3, 0.4) is 0 Å². The molecule has 1 saturated carbocycles. The van der Waals surface area contributed by atoms with Crippen LogP contribution in [0.2, 0.25) is 0 Å². The van der Waals surface area contributed by atoms with Gasteiger partial charge in [0.25, 0.3) is 0 Å². The molecule has 2 rings (SSSR count). The number of benzene rings is 1. The second kappa shape index (κ2) is 16.6. The number of rotatable bonds is 13. The van der Waals surface area contributed by atoms with Gasteiger partial charge in [0.15, 0.2) is 11.5 Å². The van der Waals surface area contributed by atoms with Crippen molar-refractivity contribution in [3.05, 3.63) is 23.8 Å². The lowest BCUT2D eigenvalue weighted by Crippen LogP contribution is -2.40. The molecule has 0 aromatic heterocycles. The summed E-state index contributed by atoms with van der Waals surface area (Å²) in [6.07, 6.45) is 2.75. The van der Waals surface area contributed by atoms with Gasteiger partial charge in [0.2, 0.25) is 0 Å². The normalized spacial score (nSPS) is 15.8. The van der Waals surface area contributed by atoms with Gasteiger partial charge in [-0.05, 0) is 63.6 Å². The quantitative estimate of drug-likeness (QED) is 0.203. The van der Waals surface area contributed by atoms with Gasteiger partial charge in [0, 0.05) is 0 Å². The topological polar surface area (TPSA) is 150 Å². The molecule has 1 aliphatic rings. The number of carbonyl (C=O) groups is 4. The number of ether oxygens (including phenoxy) is 6. The maximum absolute atomic E-state index is 12.7. The van der Waals surface area contributed by atoms with Gasteiger partial charge in [0.1, 0.15) is 18.2 Å². The third-order valence-corrected chi connectivity index (χ3v) is 6.20. The minimum Gasteiger partial charge on any atom is -0.459 e. The Labute approximate surface area is 229 Å². The van der Waals surface area contributed by atoms with E-state index in [-0.39, 0.29) is 43.0 Å². The van der Waals surface area contributed by atoms with E-state index in [9.17, 15) is 19.2 Å². The Balaban J connectivity index is 2.00. The Morgan fingerprint density at radius 1 is 0.846 bits per heavy atom. The zero-order valence-corrected chi connectivity index (χ0v) is 23.3. The summed E-state index contributed by atoms with van der Waals surface area (Å²) >= 11 is 0. The molecule has 1 aromatic carbocycles. The highest BCUT2D eigenvalue weighted by atomic mass is 16.7. The third-order valence-electron chi connectivity index (χ3n) is 6.20. The minimum absolute atomic E-state index is 0.0305. The standard InChI is InChI=1S/C28H41NO10/c1-5-14-34-27(32)38-23-13-12-20(17-24(23)39-28(33)35-15-6-2)16-22(29)26(31)37-19(4)18(3)36-25(30)21-10-8-7-9-11-21/h12-13,17-19,21-22H,5-11,14-16,29H2,1-4H3/t18-,19-,22-/m0/s1. The molecule has 0 bridgehead atoms. The molecule has 218 valence electrons. The van der Waals surface area contributed by atoms with Crippen LogP contribution in [0.25, 0.3) is 0 Å². The molecule has 0 spiro atoms. The van der Waals surface area contributed by atoms with Crippen LogP contribution in [-0.2, 0) is 35.0 Å². The maximum atomic E-state index is 12.7. The lowest BCUT2D eigenvalue weighted by atomic mass is 9.89. The van der Waals surface area contributed by atoms with Crippen molar-refractivity contribution in [3.63, 3.8) is 0 Å². The third kappa shape index (κ3) is 11.1. The van der Waals surface area contributed by atoms with Crippen LogP contribution in [0.15, 0.2) is 18.2 Å². The van der Waals surface area contributed by atoms with Crippen LogP contribution in [-0.4, -0.2) is 55.7 Å². The summed E-state index contributed by atoms with van der Waals surface area (Å²) in [7, 11) is 0. The van der Waals surface area contributed by atoms with Gasteiger partial charge in [-0.25, -0.2) is 9.59 Å². The number of hydrogen-bond acceptors (Lipinski definition) is 11. The molecule has 0 heterocycles. The lowest BCUT2D eigenvalue weighted by Gasteiger charge is -2.26. The van der Waals surface area contributed by atoms with Crippen molar-refractivity contribution in [2.75, 3.05) is 13.2 Å². The Kier molecular flexibility index (Phi) is 13.6. The van der Waals surface area contributed by atoms with E-state index in [2.05, 4.69) is 0 Å². The number of nitrogens with two attached hydrogens (primary N) is 1. The smallest absolute Gasteiger partial charge is 0.459 e. The van der Waals surface area contributed by atoms with Crippen molar-refractivity contribution >= 4 is 24.2 Å². The second-order valence-corrected chi connectivity index (χ2v) is 9.61. The average molecular weight is 552 g/mol. The largest absolute Gasteiger partial charge is 0.513 e. The van der Waals surface area contributed by atoms with E-state index < -0.39 is 36.5 Å². The fraction of sp³-hybridized carbons (Fsp3) is 0.643. The molecule has 3 atom stereocenters. The summed E-state index contributed by atoms with van der Waals surface area (Å²) in [5, 5.41) is 0. The molecule has 0 saturated heterocycles. The summed E-state index contributed by atoms with van der Waals surface area (Å²) in [6, 6.07) is 3.33. The highest BCUT2D eigenvalue weighted by molar-refractivity contribution is 5.76. The molecule has 39 heavy (non-hydrogen) atoms. The van der Waals surface area contributed by atoms with Crippen LogP contribution in [0.5, 0.6) is 11.5 Å². The Morgan fingerprint density at radius 2 is 1.41 bits per heavy atom. The Hall–Kier alpha value is -3.34. The average Bonchev–Trinajstić information content (AvgIpc) is 2.92. The van der Waals surface area contributed by atoms with Crippen molar-refractivity contribution < 1.29 is 47.6 Å². The molecule has 11 nitrogen and oxygen atoms in total. The molecule has 0 amide bonds. The van der Waals surface area contributed by atoms with Gasteiger partial charge >= 0.3 is 24.2 Å². The second-order valence-electron chi connectivity index (χ2n) is 9.61. The van der Waals surface area contributed by atoms with Crippen molar-refractivity contribution in [1.29, 1.82) is 0 Å². The van der Waals surface area contributed by atoms with Crippen molar-refractivity contribution in [2.24, 2.45) is 11.7 Å². The summed E-state index contributed by atoms with van der Waals surface area (Å²) in [4.78, 5) is 49.0. The monoisotopic (exact) mass is 551 g/mol. The van der Waals surface area contributed by atoms with E-state index >= 15 is 0 Å². The molecule has 0 unspecified atom stereocenters. The fourth-order valence-corrected chi connectivity index (χ4v) is 3.87. The van der Waals surface area contributed by atoms with E-state index in [1.807, 2.05) is 13.8 Å². The first-order valence-corrected chi connectivity index (χ1v) is 13.6. The molecular weight excluding hydrogens is 510 g/mol. The first-order chi connectivity index (χ1) is 18.6.